The molecule has 5 heteroatoms. The fourth-order valence-corrected chi connectivity index (χ4v) is 0.612. The molecule has 0 bridgehead atoms. The number of hydrogen-bond acceptors (Lipinski definition) is 3. The predicted molar refractivity (Wildman–Crippen MR) is 52.9 cm³/mol. The molecular weight excluding hydrogens is 194 g/mol. The van der Waals surface area contributed by atoms with Crippen LogP contribution in [0.2, 0.25) is 0 Å². The highest BCUT2D eigenvalue weighted by Crippen LogP contribution is 1.93. The Morgan fingerprint density at radius 1 is 1.54 bits per heavy atom. The molecule has 0 saturated heterocycles. The summed E-state index contributed by atoms with van der Waals surface area (Å²) in [6, 6.07) is -1.13. The zero-order valence-corrected chi connectivity index (χ0v) is 8.63. The van der Waals surface area contributed by atoms with Gasteiger partial charge in [0.2, 0.25) is 0 Å². The molecule has 0 aliphatic carbocycles. The summed E-state index contributed by atoms with van der Waals surface area (Å²) in [5.74, 6) is -0.351. The van der Waals surface area contributed by atoms with Gasteiger partial charge in [0.25, 0.3) is 0 Å². The molecule has 0 aromatic carbocycles. The zero-order valence-electron chi connectivity index (χ0n) is 7.87. The van der Waals surface area contributed by atoms with E-state index in [9.17, 15) is 4.79 Å². The minimum atomic E-state index is -1.18. The fraction of sp³-hybridized carbons (Fsp3) is 0.875. The van der Waals surface area contributed by atoms with Crippen molar-refractivity contribution in [3.63, 3.8) is 0 Å². The molecule has 13 heavy (non-hydrogen) atoms. The van der Waals surface area contributed by atoms with E-state index in [1.807, 2.05) is 0 Å². The average molecular weight is 212 g/mol. The molecule has 0 aliphatic rings. The van der Waals surface area contributed by atoms with Crippen molar-refractivity contribution in [3.8, 4) is 0 Å². The van der Waals surface area contributed by atoms with Crippen molar-refractivity contribution in [2.45, 2.75) is 32.2 Å². The maximum Gasteiger partial charge on any atom is 0.322 e. The van der Waals surface area contributed by atoms with Crippen molar-refractivity contribution in [1.82, 2.24) is 0 Å². The van der Waals surface area contributed by atoms with Gasteiger partial charge in [0, 0.05) is 5.88 Å². The van der Waals surface area contributed by atoms with Crippen molar-refractivity contribution >= 4 is 17.6 Å². The summed E-state index contributed by atoms with van der Waals surface area (Å²) >= 11 is 5.38. The maximum atomic E-state index is 9.65. The first kappa shape index (κ1) is 15.2. The minimum absolute atomic E-state index is 0.505. The average Bonchev–Trinajstić information content (AvgIpc) is 2.14. The van der Waals surface area contributed by atoms with Gasteiger partial charge in [-0.15, -0.1) is 11.6 Å². The number of carboxylic acid groups (broad SMARTS) is 1. The van der Waals surface area contributed by atoms with Gasteiger partial charge < -0.3 is 15.9 Å². The van der Waals surface area contributed by atoms with Gasteiger partial charge in [0.05, 0.1) is 6.61 Å². The third-order valence-electron chi connectivity index (χ3n) is 1.25. The Bertz CT molecular complexity index is 118. The molecule has 0 heterocycles. The van der Waals surface area contributed by atoms with Gasteiger partial charge in [-0.3, -0.25) is 4.79 Å². The van der Waals surface area contributed by atoms with Crippen molar-refractivity contribution in [3.05, 3.63) is 0 Å². The van der Waals surface area contributed by atoms with Gasteiger partial charge in [-0.1, -0.05) is 19.8 Å². The Labute approximate surface area is 83.7 Å². The number of aliphatic hydroxyl groups excluding tert-OH is 1. The van der Waals surface area contributed by atoms with Crippen LogP contribution >= 0.6 is 11.6 Å². The molecule has 0 aromatic rings. The van der Waals surface area contributed by atoms with Crippen LogP contribution in [0.1, 0.15) is 26.2 Å². The number of rotatable bonds is 5. The molecule has 1 unspecified atom stereocenters. The first-order valence-corrected chi connectivity index (χ1v) is 4.78. The second kappa shape index (κ2) is 11.7. The van der Waals surface area contributed by atoms with Crippen molar-refractivity contribution in [2.24, 2.45) is 5.73 Å². The number of nitrogens with two attached hydrogens (primary N) is 1. The van der Waals surface area contributed by atoms with Gasteiger partial charge in [-0.2, -0.15) is 0 Å². The first-order chi connectivity index (χ1) is 6.09. The molecule has 0 rings (SSSR count). The topological polar surface area (TPSA) is 83.5 Å². The third kappa shape index (κ3) is 14.5. The van der Waals surface area contributed by atoms with E-state index in [0.29, 0.717) is 0 Å². The highest BCUT2D eigenvalue weighted by Gasteiger charge is 2.06. The Kier molecular flexibility index (Phi) is 13.6. The van der Waals surface area contributed by atoms with Crippen molar-refractivity contribution < 1.29 is 15.0 Å². The highest BCUT2D eigenvalue weighted by molar-refractivity contribution is 6.17. The number of carbonyl (C=O) groups is 1. The van der Waals surface area contributed by atoms with Crippen LogP contribution < -0.4 is 5.73 Å². The van der Waals surface area contributed by atoms with Gasteiger partial charge in [-0.05, 0) is 6.42 Å². The van der Waals surface area contributed by atoms with E-state index < -0.39 is 18.6 Å². The number of unbranched alkanes of at least 4 members (excludes halogenated alkanes) is 2. The Morgan fingerprint density at radius 2 is 2.08 bits per heavy atom. The molecule has 4 nitrogen and oxygen atoms in total. The lowest BCUT2D eigenvalue weighted by molar-refractivity contribution is -0.139. The fourth-order valence-electron chi connectivity index (χ4n) is 0.423. The summed E-state index contributed by atoms with van der Waals surface area (Å²) in [7, 11) is 0. The standard InChI is InChI=1S/C5H11Cl.C3H7NO3/c1-2-3-4-5-6;4-2(1-5)3(6)7/h2-5H2,1H3;2,5H,1,4H2,(H,6,7). The van der Waals surface area contributed by atoms with E-state index in [0.717, 1.165) is 5.88 Å². The van der Waals surface area contributed by atoms with Crippen LogP contribution in [0, 0.1) is 0 Å². The molecule has 0 fully saturated rings. The van der Waals surface area contributed by atoms with Gasteiger partial charge in [0.15, 0.2) is 0 Å². The van der Waals surface area contributed by atoms with E-state index in [1.165, 1.54) is 19.3 Å². The number of halogens is 1. The molecule has 0 saturated carbocycles. The molecular formula is C8H18ClNO3. The normalized spacial score (nSPS) is 11.4. The lowest BCUT2D eigenvalue weighted by Gasteiger charge is -1.96. The van der Waals surface area contributed by atoms with Crippen LogP contribution in [0.3, 0.4) is 0 Å². The van der Waals surface area contributed by atoms with E-state index >= 15 is 0 Å². The number of aliphatic hydroxyl groups is 1. The molecule has 0 spiro atoms. The van der Waals surface area contributed by atoms with Crippen LogP contribution in [0.25, 0.3) is 0 Å². The first-order valence-electron chi connectivity index (χ1n) is 4.25. The quantitative estimate of drug-likeness (QED) is 0.464. The molecule has 0 aromatic heterocycles. The summed E-state index contributed by atoms with van der Waals surface area (Å²) in [6.45, 7) is 1.67. The SMILES string of the molecule is CCCCCCl.NC(CO)C(=O)O. The molecule has 0 aliphatic heterocycles. The molecule has 4 N–H and O–H groups in total. The van der Waals surface area contributed by atoms with Crippen LogP contribution in [0.4, 0.5) is 0 Å². The van der Waals surface area contributed by atoms with Crippen LogP contribution in [-0.4, -0.2) is 34.7 Å². The summed E-state index contributed by atoms with van der Waals surface area (Å²) in [4.78, 5) is 9.65. The summed E-state index contributed by atoms with van der Waals surface area (Å²) in [6.07, 6.45) is 3.73. The molecule has 80 valence electrons. The number of hydrogen-bond donors (Lipinski definition) is 3. The highest BCUT2D eigenvalue weighted by atomic mass is 35.5. The van der Waals surface area contributed by atoms with Crippen LogP contribution in [0.15, 0.2) is 0 Å². The minimum Gasteiger partial charge on any atom is -0.480 e. The zero-order chi connectivity index (χ0) is 10.7. The van der Waals surface area contributed by atoms with E-state index in [2.05, 4.69) is 6.92 Å². The number of carboxylic acids is 1. The second-order valence-electron chi connectivity index (χ2n) is 2.52. The Hall–Kier alpha value is -0.320. The Morgan fingerprint density at radius 3 is 2.15 bits per heavy atom. The summed E-state index contributed by atoms with van der Waals surface area (Å²) in [5.41, 5.74) is 4.77. The summed E-state index contributed by atoms with van der Waals surface area (Å²) < 4.78 is 0. The van der Waals surface area contributed by atoms with Gasteiger partial charge in [-0.25, -0.2) is 0 Å². The lowest BCUT2D eigenvalue weighted by atomic mass is 10.3. The molecule has 1 atom stereocenters. The van der Waals surface area contributed by atoms with Crippen LogP contribution in [0.5, 0.6) is 0 Å². The largest absolute Gasteiger partial charge is 0.480 e. The predicted octanol–water partition coefficient (Wildman–Crippen LogP) is 0.806. The van der Waals surface area contributed by atoms with Gasteiger partial charge >= 0.3 is 5.97 Å². The second-order valence-corrected chi connectivity index (χ2v) is 2.90. The lowest BCUT2D eigenvalue weighted by Crippen LogP contribution is -2.33. The van der Waals surface area contributed by atoms with Crippen molar-refractivity contribution in [2.75, 3.05) is 12.5 Å². The van der Waals surface area contributed by atoms with Crippen LogP contribution in [-0.2, 0) is 4.79 Å². The molecule has 0 amide bonds. The van der Waals surface area contributed by atoms with E-state index in [4.69, 9.17) is 27.5 Å². The van der Waals surface area contributed by atoms with E-state index in [-0.39, 0.29) is 0 Å². The van der Waals surface area contributed by atoms with Crippen molar-refractivity contribution in [1.29, 1.82) is 0 Å². The number of alkyl halides is 1. The maximum absolute atomic E-state index is 9.65. The summed E-state index contributed by atoms with van der Waals surface area (Å²) in [5, 5.41) is 15.9. The van der Waals surface area contributed by atoms with E-state index in [1.54, 1.807) is 0 Å². The number of aliphatic carboxylic acids is 1. The van der Waals surface area contributed by atoms with Gasteiger partial charge in [0.1, 0.15) is 6.04 Å². The monoisotopic (exact) mass is 211 g/mol. The Balaban J connectivity index is 0. The third-order valence-corrected chi connectivity index (χ3v) is 1.52. The molecule has 0 radical (unpaired) electrons. The smallest absolute Gasteiger partial charge is 0.322 e.